The Morgan fingerprint density at radius 1 is 0.968 bits per heavy atom. The summed E-state index contributed by atoms with van der Waals surface area (Å²) in [5.41, 5.74) is 2.85. The Labute approximate surface area is 180 Å². The number of aromatic nitrogens is 2. The maximum Gasteiger partial charge on any atom is 0.325 e. The molecule has 0 bridgehead atoms. The molecule has 1 atom stereocenters. The fraction of sp³-hybridized carbons (Fsp3) is 0.292. The van der Waals surface area contributed by atoms with E-state index in [0.29, 0.717) is 11.3 Å². The summed E-state index contributed by atoms with van der Waals surface area (Å²) in [6, 6.07) is 15.2. The number of amides is 1. The number of carbonyl (C=O) groups excluding carboxylic acids is 1. The van der Waals surface area contributed by atoms with E-state index in [1.165, 1.54) is 0 Å². The van der Waals surface area contributed by atoms with Crippen LogP contribution in [0.25, 0.3) is 0 Å². The van der Waals surface area contributed by atoms with Crippen LogP contribution in [0.1, 0.15) is 40.4 Å². The van der Waals surface area contributed by atoms with Crippen molar-refractivity contribution in [3.63, 3.8) is 0 Å². The molecular weight excluding hydrogens is 394 g/mol. The van der Waals surface area contributed by atoms with Crippen molar-refractivity contribution in [2.24, 2.45) is 0 Å². The third kappa shape index (κ3) is 5.72. The van der Waals surface area contributed by atoms with Gasteiger partial charge < -0.3 is 15.0 Å². The Hall–Kier alpha value is -3.61. The van der Waals surface area contributed by atoms with Crippen LogP contribution in [-0.4, -0.2) is 22.5 Å². The molecule has 162 valence electrons. The van der Waals surface area contributed by atoms with Gasteiger partial charge in [0.2, 0.25) is 5.91 Å². The lowest BCUT2D eigenvalue weighted by Gasteiger charge is -2.21. The summed E-state index contributed by atoms with van der Waals surface area (Å²) in [6.45, 7) is 5.90. The van der Waals surface area contributed by atoms with Crippen LogP contribution in [0.3, 0.4) is 0 Å². The number of ether oxygens (including phenoxy) is 1. The Balaban J connectivity index is 1.71. The summed E-state index contributed by atoms with van der Waals surface area (Å²) < 4.78 is 6.09. The normalized spacial score (nSPS) is 11.7. The zero-order chi connectivity index (χ0) is 22.4. The summed E-state index contributed by atoms with van der Waals surface area (Å²) in [5, 5.41) is 3.01. The van der Waals surface area contributed by atoms with Gasteiger partial charge in [0, 0.05) is 17.7 Å². The Morgan fingerprint density at radius 3 is 2.29 bits per heavy atom. The summed E-state index contributed by atoms with van der Waals surface area (Å²) in [7, 11) is 0. The van der Waals surface area contributed by atoms with Crippen molar-refractivity contribution >= 4 is 5.91 Å². The third-order valence-corrected chi connectivity index (χ3v) is 5.20. The van der Waals surface area contributed by atoms with Crippen LogP contribution in [0.2, 0.25) is 0 Å². The molecule has 1 unspecified atom stereocenters. The van der Waals surface area contributed by atoms with Crippen molar-refractivity contribution in [3.8, 4) is 5.75 Å². The molecule has 7 heteroatoms. The second-order valence-electron chi connectivity index (χ2n) is 7.57. The van der Waals surface area contributed by atoms with Crippen molar-refractivity contribution < 1.29 is 9.53 Å². The number of para-hydroxylation sites is 1. The molecule has 1 aromatic heterocycles. The van der Waals surface area contributed by atoms with Gasteiger partial charge in [-0.15, -0.1) is 0 Å². The van der Waals surface area contributed by atoms with Crippen LogP contribution in [0, 0.1) is 20.8 Å². The number of rotatable bonds is 8. The second kappa shape index (κ2) is 9.93. The van der Waals surface area contributed by atoms with Crippen molar-refractivity contribution in [2.75, 3.05) is 6.61 Å². The number of nitrogens with one attached hydrogen (secondary N) is 3. The molecule has 7 nitrogen and oxygen atoms in total. The molecule has 1 heterocycles. The van der Waals surface area contributed by atoms with Gasteiger partial charge in [0.15, 0.2) is 0 Å². The minimum Gasteiger partial charge on any atom is -0.491 e. The number of H-pyrrole nitrogens is 2. The number of benzene rings is 2. The van der Waals surface area contributed by atoms with Crippen LogP contribution >= 0.6 is 0 Å². The van der Waals surface area contributed by atoms with Crippen LogP contribution in [0.15, 0.2) is 58.1 Å². The number of hydrogen-bond donors (Lipinski definition) is 3. The topological polar surface area (TPSA) is 104 Å². The zero-order valence-corrected chi connectivity index (χ0v) is 18.0. The van der Waals surface area contributed by atoms with Crippen molar-refractivity contribution in [1.29, 1.82) is 0 Å². The first kappa shape index (κ1) is 22.1. The zero-order valence-electron chi connectivity index (χ0n) is 18.0. The minimum absolute atomic E-state index is 0.114. The maximum absolute atomic E-state index is 12.7. The fourth-order valence-corrected chi connectivity index (χ4v) is 3.53. The molecule has 0 radical (unpaired) electrons. The standard InChI is InChI=1S/C24H27N3O4/c1-15-8-7-9-16(2)22(15)31-14-20(18-10-5-4-6-11-18)26-21(28)13-12-19-17(3)25-24(30)27-23(19)29/h4-11,20H,12-14H2,1-3H3,(H,26,28)(H2,25,27,29,30). The van der Waals surface area contributed by atoms with Crippen LogP contribution in [0.5, 0.6) is 5.75 Å². The van der Waals surface area contributed by atoms with Gasteiger partial charge >= 0.3 is 5.69 Å². The first-order valence-corrected chi connectivity index (χ1v) is 10.2. The largest absolute Gasteiger partial charge is 0.491 e. The second-order valence-corrected chi connectivity index (χ2v) is 7.57. The van der Waals surface area contributed by atoms with E-state index in [0.717, 1.165) is 22.4 Å². The lowest BCUT2D eigenvalue weighted by molar-refractivity contribution is -0.122. The van der Waals surface area contributed by atoms with Gasteiger partial charge in [0.05, 0.1) is 6.04 Å². The van der Waals surface area contributed by atoms with Gasteiger partial charge in [0.25, 0.3) is 5.56 Å². The highest BCUT2D eigenvalue weighted by Gasteiger charge is 2.17. The van der Waals surface area contributed by atoms with Gasteiger partial charge in [-0.3, -0.25) is 14.6 Å². The van der Waals surface area contributed by atoms with Crippen molar-refractivity contribution in [3.05, 3.63) is 97.3 Å². The monoisotopic (exact) mass is 421 g/mol. The highest BCUT2D eigenvalue weighted by atomic mass is 16.5. The van der Waals surface area contributed by atoms with E-state index in [2.05, 4.69) is 15.3 Å². The first-order valence-electron chi connectivity index (χ1n) is 10.2. The van der Waals surface area contributed by atoms with Crippen LogP contribution in [-0.2, 0) is 11.2 Å². The summed E-state index contributed by atoms with van der Waals surface area (Å²) in [4.78, 5) is 40.8. The number of hydrogen-bond acceptors (Lipinski definition) is 4. The third-order valence-electron chi connectivity index (χ3n) is 5.20. The Kier molecular flexibility index (Phi) is 7.07. The molecule has 0 aliphatic heterocycles. The fourth-order valence-electron chi connectivity index (χ4n) is 3.53. The van der Waals surface area contributed by atoms with Crippen LogP contribution in [0.4, 0.5) is 0 Å². The van der Waals surface area contributed by atoms with E-state index in [9.17, 15) is 14.4 Å². The molecule has 0 spiro atoms. The van der Waals surface area contributed by atoms with E-state index in [-0.39, 0.29) is 31.4 Å². The van der Waals surface area contributed by atoms with Gasteiger partial charge in [-0.05, 0) is 43.9 Å². The number of aromatic amines is 2. The average molecular weight is 421 g/mol. The smallest absolute Gasteiger partial charge is 0.325 e. The number of carbonyl (C=O) groups is 1. The molecule has 0 aliphatic rings. The highest BCUT2D eigenvalue weighted by molar-refractivity contribution is 5.76. The molecule has 0 aliphatic carbocycles. The summed E-state index contributed by atoms with van der Waals surface area (Å²) >= 11 is 0. The van der Waals surface area contributed by atoms with Crippen molar-refractivity contribution in [1.82, 2.24) is 15.3 Å². The lowest BCUT2D eigenvalue weighted by Crippen LogP contribution is -2.33. The Morgan fingerprint density at radius 2 is 1.65 bits per heavy atom. The number of aryl methyl sites for hydroxylation is 3. The molecule has 3 N–H and O–H groups in total. The molecule has 3 aromatic rings. The van der Waals surface area contributed by atoms with E-state index in [4.69, 9.17) is 4.74 Å². The first-order chi connectivity index (χ1) is 14.8. The van der Waals surface area contributed by atoms with Gasteiger partial charge in [-0.25, -0.2) is 4.79 Å². The SMILES string of the molecule is Cc1cccc(C)c1OCC(NC(=O)CCc1c(C)[nH]c(=O)[nH]c1=O)c1ccccc1. The maximum atomic E-state index is 12.7. The van der Waals surface area contributed by atoms with Gasteiger partial charge in [-0.2, -0.15) is 0 Å². The van der Waals surface area contributed by atoms with E-state index < -0.39 is 11.2 Å². The Bertz CT molecular complexity index is 1150. The van der Waals surface area contributed by atoms with Gasteiger partial charge in [0.1, 0.15) is 12.4 Å². The highest BCUT2D eigenvalue weighted by Crippen LogP contribution is 2.24. The predicted octanol–water partition coefficient (Wildman–Crippen LogP) is 2.86. The van der Waals surface area contributed by atoms with Crippen molar-refractivity contribution in [2.45, 2.75) is 39.7 Å². The molecule has 0 fully saturated rings. The summed E-state index contributed by atoms with van der Waals surface area (Å²) in [5.74, 6) is 0.608. The summed E-state index contributed by atoms with van der Waals surface area (Å²) in [6.07, 6.45) is 0.339. The van der Waals surface area contributed by atoms with E-state index >= 15 is 0 Å². The molecule has 3 rings (SSSR count). The predicted molar refractivity (Wildman–Crippen MR) is 119 cm³/mol. The molecule has 2 aromatic carbocycles. The minimum atomic E-state index is -0.552. The van der Waals surface area contributed by atoms with Gasteiger partial charge in [-0.1, -0.05) is 48.5 Å². The lowest BCUT2D eigenvalue weighted by atomic mass is 10.1. The van der Waals surface area contributed by atoms with E-state index in [1.54, 1.807) is 6.92 Å². The molecule has 1 amide bonds. The average Bonchev–Trinajstić information content (AvgIpc) is 2.72. The van der Waals surface area contributed by atoms with Crippen LogP contribution < -0.4 is 21.3 Å². The molecule has 31 heavy (non-hydrogen) atoms. The van der Waals surface area contributed by atoms with E-state index in [1.807, 2.05) is 62.4 Å². The molecule has 0 saturated carbocycles. The molecular formula is C24H27N3O4. The molecule has 0 saturated heterocycles. The quantitative estimate of drug-likeness (QED) is 0.520.